The van der Waals surface area contributed by atoms with Gasteiger partial charge in [-0.15, -0.1) is 0 Å². The van der Waals surface area contributed by atoms with Gasteiger partial charge in [0.25, 0.3) is 0 Å². The number of para-hydroxylation sites is 2. The lowest BCUT2D eigenvalue weighted by molar-refractivity contribution is -0.122. The van der Waals surface area contributed by atoms with Gasteiger partial charge in [0.15, 0.2) is 0 Å². The summed E-state index contributed by atoms with van der Waals surface area (Å²) >= 11 is 6.08. The Morgan fingerprint density at radius 3 is 2.87 bits per heavy atom. The van der Waals surface area contributed by atoms with Crippen LogP contribution in [0.5, 0.6) is 5.75 Å². The Kier molecular flexibility index (Phi) is 6.58. The highest BCUT2D eigenvalue weighted by Crippen LogP contribution is 2.28. The number of carbonyl (C=O) groups is 1. The highest BCUT2D eigenvalue weighted by atomic mass is 35.5. The minimum atomic E-state index is 0.207. The zero-order valence-corrected chi connectivity index (χ0v) is 18.1. The zero-order valence-electron chi connectivity index (χ0n) is 17.4. The minimum Gasteiger partial charge on any atom is -0.494 e. The van der Waals surface area contributed by atoms with Crippen molar-refractivity contribution in [1.82, 2.24) is 14.9 Å². The number of aromatic nitrogens is 2. The third-order valence-electron chi connectivity index (χ3n) is 5.48. The second-order valence-corrected chi connectivity index (χ2v) is 8.36. The Bertz CT molecular complexity index is 1030. The summed E-state index contributed by atoms with van der Waals surface area (Å²) in [6, 6.07) is 14.0. The van der Waals surface area contributed by atoms with Gasteiger partial charge in [0, 0.05) is 30.5 Å². The molecule has 2 aromatic carbocycles. The molecular weight excluding hydrogens is 398 g/mol. The van der Waals surface area contributed by atoms with E-state index in [1.54, 1.807) is 0 Å². The second kappa shape index (κ2) is 9.52. The lowest BCUT2D eigenvalue weighted by Crippen LogP contribution is -2.26. The standard InChI is InChI=1S/C24H28ClN3O2/c1-17-16-19(11-12-20(17)25)30-15-5-14-28-22-7-3-2-6-21(22)27-23(28)8-4-13-26-24(29)18-9-10-18/h2-3,6-7,11-12,16,18H,4-5,8-10,13-15H2,1H3,(H,26,29). The molecule has 1 N–H and O–H groups in total. The van der Waals surface area contributed by atoms with Gasteiger partial charge in [-0.05, 0) is 68.5 Å². The van der Waals surface area contributed by atoms with Crippen LogP contribution in [0.2, 0.25) is 5.02 Å². The van der Waals surface area contributed by atoms with E-state index in [1.165, 1.54) is 0 Å². The van der Waals surface area contributed by atoms with Crippen molar-refractivity contribution in [1.29, 1.82) is 0 Å². The second-order valence-electron chi connectivity index (χ2n) is 7.95. The number of hydrogen-bond acceptors (Lipinski definition) is 3. The van der Waals surface area contributed by atoms with Crippen molar-refractivity contribution in [2.75, 3.05) is 13.2 Å². The van der Waals surface area contributed by atoms with Crippen LogP contribution in [-0.2, 0) is 17.8 Å². The number of nitrogens with zero attached hydrogens (tertiary/aromatic N) is 2. The molecule has 0 radical (unpaired) electrons. The monoisotopic (exact) mass is 425 g/mol. The summed E-state index contributed by atoms with van der Waals surface area (Å²) in [5, 5.41) is 3.80. The number of amides is 1. The molecule has 1 saturated carbocycles. The highest BCUT2D eigenvalue weighted by Gasteiger charge is 2.29. The van der Waals surface area contributed by atoms with Crippen LogP contribution in [0.3, 0.4) is 0 Å². The number of rotatable bonds is 10. The SMILES string of the molecule is Cc1cc(OCCCn2c(CCCNC(=O)C3CC3)nc3ccccc32)ccc1Cl. The van der Waals surface area contributed by atoms with Crippen molar-refractivity contribution in [3.05, 3.63) is 58.9 Å². The molecule has 0 spiro atoms. The molecule has 0 unspecified atom stereocenters. The fourth-order valence-corrected chi connectivity index (χ4v) is 3.75. The van der Waals surface area contributed by atoms with Crippen molar-refractivity contribution in [3.63, 3.8) is 0 Å². The molecule has 0 saturated heterocycles. The van der Waals surface area contributed by atoms with Gasteiger partial charge in [-0.1, -0.05) is 23.7 Å². The van der Waals surface area contributed by atoms with Gasteiger partial charge in [0.05, 0.1) is 17.6 Å². The largest absolute Gasteiger partial charge is 0.494 e. The van der Waals surface area contributed by atoms with E-state index >= 15 is 0 Å². The molecule has 0 bridgehead atoms. The summed E-state index contributed by atoms with van der Waals surface area (Å²) in [5.74, 6) is 2.38. The summed E-state index contributed by atoms with van der Waals surface area (Å²) < 4.78 is 8.19. The minimum absolute atomic E-state index is 0.207. The summed E-state index contributed by atoms with van der Waals surface area (Å²) in [4.78, 5) is 16.6. The van der Waals surface area contributed by atoms with Gasteiger partial charge in [0.2, 0.25) is 5.91 Å². The van der Waals surface area contributed by atoms with Crippen LogP contribution in [0, 0.1) is 12.8 Å². The summed E-state index contributed by atoms with van der Waals surface area (Å²) in [5.41, 5.74) is 3.19. The van der Waals surface area contributed by atoms with Gasteiger partial charge < -0.3 is 14.6 Å². The van der Waals surface area contributed by atoms with Crippen molar-refractivity contribution in [2.45, 2.75) is 45.6 Å². The number of ether oxygens (including phenoxy) is 1. The Hall–Kier alpha value is -2.53. The number of halogens is 1. The number of fused-ring (bicyclic) bond motifs is 1. The number of benzene rings is 2. The van der Waals surface area contributed by atoms with Crippen LogP contribution in [0.15, 0.2) is 42.5 Å². The molecule has 0 aliphatic heterocycles. The lowest BCUT2D eigenvalue weighted by atomic mass is 10.2. The molecule has 1 heterocycles. The van der Waals surface area contributed by atoms with E-state index in [9.17, 15) is 4.79 Å². The number of imidazole rings is 1. The number of hydrogen-bond donors (Lipinski definition) is 1. The van der Waals surface area contributed by atoms with E-state index in [-0.39, 0.29) is 11.8 Å². The molecular formula is C24H28ClN3O2. The molecule has 1 aromatic heterocycles. The quantitative estimate of drug-likeness (QED) is 0.469. The number of aryl methyl sites for hydroxylation is 3. The van der Waals surface area contributed by atoms with Crippen LogP contribution < -0.4 is 10.1 Å². The molecule has 3 aromatic rings. The van der Waals surface area contributed by atoms with Crippen LogP contribution >= 0.6 is 11.6 Å². The molecule has 0 atom stereocenters. The van der Waals surface area contributed by atoms with E-state index in [0.29, 0.717) is 13.2 Å². The molecule has 1 fully saturated rings. The topological polar surface area (TPSA) is 56.1 Å². The molecule has 5 nitrogen and oxygen atoms in total. The zero-order chi connectivity index (χ0) is 20.9. The van der Waals surface area contributed by atoms with Crippen LogP contribution in [0.25, 0.3) is 11.0 Å². The molecule has 4 rings (SSSR count). The first-order valence-corrected chi connectivity index (χ1v) is 11.1. The normalized spacial score (nSPS) is 13.5. The average Bonchev–Trinajstić information content (AvgIpc) is 3.54. The van der Waals surface area contributed by atoms with Crippen molar-refractivity contribution in [3.8, 4) is 5.75 Å². The van der Waals surface area contributed by atoms with Crippen molar-refractivity contribution >= 4 is 28.5 Å². The lowest BCUT2D eigenvalue weighted by Gasteiger charge is -2.11. The average molecular weight is 426 g/mol. The third kappa shape index (κ3) is 5.14. The van der Waals surface area contributed by atoms with Gasteiger partial charge in [-0.25, -0.2) is 4.98 Å². The number of carbonyl (C=O) groups excluding carboxylic acids is 1. The highest BCUT2D eigenvalue weighted by molar-refractivity contribution is 6.31. The third-order valence-corrected chi connectivity index (χ3v) is 5.91. The van der Waals surface area contributed by atoms with Crippen LogP contribution in [-0.4, -0.2) is 28.6 Å². The van der Waals surface area contributed by atoms with E-state index in [0.717, 1.165) is 71.8 Å². The first-order valence-electron chi connectivity index (χ1n) is 10.7. The molecule has 158 valence electrons. The van der Waals surface area contributed by atoms with Gasteiger partial charge in [0.1, 0.15) is 11.6 Å². The Labute approximate surface area is 182 Å². The van der Waals surface area contributed by atoms with Crippen molar-refractivity contribution < 1.29 is 9.53 Å². The first kappa shape index (κ1) is 20.7. The Morgan fingerprint density at radius 1 is 1.23 bits per heavy atom. The van der Waals surface area contributed by atoms with Gasteiger partial charge in [-0.3, -0.25) is 4.79 Å². The Morgan fingerprint density at radius 2 is 2.07 bits per heavy atom. The van der Waals surface area contributed by atoms with E-state index in [1.807, 2.05) is 37.3 Å². The van der Waals surface area contributed by atoms with Gasteiger partial charge in [-0.2, -0.15) is 0 Å². The molecule has 30 heavy (non-hydrogen) atoms. The fourth-order valence-electron chi connectivity index (χ4n) is 3.63. The van der Waals surface area contributed by atoms with E-state index in [2.05, 4.69) is 22.0 Å². The summed E-state index contributed by atoms with van der Waals surface area (Å²) in [7, 11) is 0. The predicted octanol–water partition coefficient (Wildman–Crippen LogP) is 4.93. The summed E-state index contributed by atoms with van der Waals surface area (Å²) in [6.07, 6.45) is 4.70. The van der Waals surface area contributed by atoms with E-state index < -0.39 is 0 Å². The molecule has 1 amide bonds. The van der Waals surface area contributed by atoms with Crippen LogP contribution in [0.4, 0.5) is 0 Å². The van der Waals surface area contributed by atoms with Crippen LogP contribution in [0.1, 0.15) is 37.1 Å². The molecule has 6 heteroatoms. The fraction of sp³-hybridized carbons (Fsp3) is 0.417. The first-order chi connectivity index (χ1) is 14.6. The maximum Gasteiger partial charge on any atom is 0.223 e. The molecule has 1 aliphatic rings. The summed E-state index contributed by atoms with van der Waals surface area (Å²) in [6.45, 7) is 4.16. The maximum atomic E-state index is 11.8. The molecule has 1 aliphatic carbocycles. The maximum absolute atomic E-state index is 11.8. The smallest absolute Gasteiger partial charge is 0.223 e. The van der Waals surface area contributed by atoms with Gasteiger partial charge >= 0.3 is 0 Å². The van der Waals surface area contributed by atoms with E-state index in [4.69, 9.17) is 21.3 Å². The predicted molar refractivity (Wildman–Crippen MR) is 120 cm³/mol. The Balaban J connectivity index is 1.33. The number of nitrogens with one attached hydrogen (secondary N) is 1. The van der Waals surface area contributed by atoms with Crippen molar-refractivity contribution in [2.24, 2.45) is 5.92 Å².